The van der Waals surface area contributed by atoms with E-state index in [1.807, 2.05) is 25.1 Å². The molecular formula is C11H11ClO2. The third-order valence-corrected chi connectivity index (χ3v) is 2.82. The molecule has 0 saturated heterocycles. The number of benzene rings is 1. The fourth-order valence-corrected chi connectivity index (χ4v) is 2.11. The van der Waals surface area contributed by atoms with Crippen LogP contribution in [-0.2, 0) is 4.79 Å². The lowest BCUT2D eigenvalue weighted by atomic mass is 10.1. The number of carboxylic acid groups (broad SMARTS) is 1. The first-order valence-electron chi connectivity index (χ1n) is 4.58. The largest absolute Gasteiger partial charge is 0.481 e. The maximum Gasteiger partial charge on any atom is 0.307 e. The van der Waals surface area contributed by atoms with E-state index >= 15 is 0 Å². The first-order valence-corrected chi connectivity index (χ1v) is 4.95. The second kappa shape index (κ2) is 3.28. The quantitative estimate of drug-likeness (QED) is 0.815. The Morgan fingerprint density at radius 2 is 2.21 bits per heavy atom. The first kappa shape index (κ1) is 9.53. The summed E-state index contributed by atoms with van der Waals surface area (Å²) in [6, 6.07) is 5.75. The van der Waals surface area contributed by atoms with E-state index < -0.39 is 5.97 Å². The second-order valence-corrected chi connectivity index (χ2v) is 4.29. The van der Waals surface area contributed by atoms with Gasteiger partial charge in [0.2, 0.25) is 0 Å². The van der Waals surface area contributed by atoms with Gasteiger partial charge >= 0.3 is 5.97 Å². The van der Waals surface area contributed by atoms with Gasteiger partial charge in [0, 0.05) is 5.02 Å². The van der Waals surface area contributed by atoms with Crippen LogP contribution >= 0.6 is 11.6 Å². The van der Waals surface area contributed by atoms with Gasteiger partial charge in [-0.15, -0.1) is 0 Å². The summed E-state index contributed by atoms with van der Waals surface area (Å²) in [5.41, 5.74) is 2.14. The van der Waals surface area contributed by atoms with Gasteiger partial charge in [0.1, 0.15) is 0 Å². The van der Waals surface area contributed by atoms with Gasteiger partial charge in [0.05, 0.1) is 5.92 Å². The van der Waals surface area contributed by atoms with Crippen LogP contribution in [-0.4, -0.2) is 11.1 Å². The van der Waals surface area contributed by atoms with E-state index in [1.54, 1.807) is 0 Å². The molecule has 0 amide bonds. The van der Waals surface area contributed by atoms with Crippen LogP contribution in [0.1, 0.15) is 23.5 Å². The molecule has 0 radical (unpaired) electrons. The van der Waals surface area contributed by atoms with Gasteiger partial charge < -0.3 is 5.11 Å². The van der Waals surface area contributed by atoms with Crippen molar-refractivity contribution in [3.63, 3.8) is 0 Å². The number of carboxylic acids is 1. The Balaban J connectivity index is 2.23. The Kier molecular flexibility index (Phi) is 2.23. The fraction of sp³-hybridized carbons (Fsp3) is 0.364. The molecule has 3 heteroatoms. The number of rotatable bonds is 2. The Morgan fingerprint density at radius 3 is 2.71 bits per heavy atom. The monoisotopic (exact) mass is 210 g/mol. The van der Waals surface area contributed by atoms with E-state index in [0.717, 1.165) is 17.5 Å². The summed E-state index contributed by atoms with van der Waals surface area (Å²) in [7, 11) is 0. The third-order valence-electron chi connectivity index (χ3n) is 2.60. The van der Waals surface area contributed by atoms with Crippen molar-refractivity contribution < 1.29 is 9.90 Å². The van der Waals surface area contributed by atoms with Crippen molar-refractivity contribution in [2.24, 2.45) is 5.92 Å². The molecular weight excluding hydrogens is 200 g/mol. The first-order chi connectivity index (χ1) is 6.58. The lowest BCUT2D eigenvalue weighted by Crippen LogP contribution is -1.99. The molecule has 2 atom stereocenters. The molecule has 1 aliphatic carbocycles. The van der Waals surface area contributed by atoms with Gasteiger partial charge in [-0.3, -0.25) is 4.79 Å². The van der Waals surface area contributed by atoms with E-state index in [0.29, 0.717) is 5.02 Å². The molecule has 1 aromatic carbocycles. The van der Waals surface area contributed by atoms with Crippen molar-refractivity contribution in [1.82, 2.24) is 0 Å². The van der Waals surface area contributed by atoms with Crippen molar-refractivity contribution >= 4 is 17.6 Å². The summed E-state index contributed by atoms with van der Waals surface area (Å²) in [5, 5.41) is 9.48. The summed E-state index contributed by atoms with van der Waals surface area (Å²) in [6.45, 7) is 1.97. The highest BCUT2D eigenvalue weighted by Crippen LogP contribution is 2.48. The highest BCUT2D eigenvalue weighted by molar-refractivity contribution is 6.30. The summed E-state index contributed by atoms with van der Waals surface area (Å²) in [6.07, 6.45) is 0.745. The molecule has 0 spiro atoms. The van der Waals surface area contributed by atoms with Crippen LogP contribution in [0.15, 0.2) is 18.2 Å². The maximum absolute atomic E-state index is 10.7. The summed E-state index contributed by atoms with van der Waals surface area (Å²) in [5.74, 6) is -0.731. The molecule has 14 heavy (non-hydrogen) atoms. The zero-order valence-corrected chi connectivity index (χ0v) is 8.58. The Morgan fingerprint density at radius 1 is 1.50 bits per heavy atom. The molecule has 1 saturated carbocycles. The number of halogens is 1. The number of hydrogen-bond acceptors (Lipinski definition) is 1. The SMILES string of the molecule is Cc1cc(Cl)cc([C@H]2C[C@@H]2C(=O)O)c1. The van der Waals surface area contributed by atoms with Gasteiger partial charge in [-0.25, -0.2) is 0 Å². The standard InChI is InChI=1S/C11H11ClO2/c1-6-2-7(4-8(12)3-6)9-5-10(9)11(13)14/h2-4,9-10H,5H2,1H3,(H,13,14)/t9-,10+/m1/s1. The van der Waals surface area contributed by atoms with Gasteiger partial charge in [-0.05, 0) is 42.5 Å². The predicted molar refractivity (Wildman–Crippen MR) is 54.7 cm³/mol. The Labute approximate surface area is 87.5 Å². The van der Waals surface area contributed by atoms with Crippen LogP contribution in [0.4, 0.5) is 0 Å². The van der Waals surface area contributed by atoms with E-state index in [2.05, 4.69) is 0 Å². The van der Waals surface area contributed by atoms with Crippen LogP contribution in [0.5, 0.6) is 0 Å². The van der Waals surface area contributed by atoms with Crippen LogP contribution in [0.3, 0.4) is 0 Å². The molecule has 1 aliphatic rings. The smallest absolute Gasteiger partial charge is 0.307 e. The lowest BCUT2D eigenvalue weighted by molar-refractivity contribution is -0.138. The third kappa shape index (κ3) is 1.75. The molecule has 2 nitrogen and oxygen atoms in total. The van der Waals surface area contributed by atoms with E-state index in [4.69, 9.17) is 16.7 Å². The second-order valence-electron chi connectivity index (χ2n) is 3.85. The number of carbonyl (C=O) groups is 1. The summed E-state index contributed by atoms with van der Waals surface area (Å²) >= 11 is 5.90. The van der Waals surface area contributed by atoms with Crippen molar-refractivity contribution in [1.29, 1.82) is 0 Å². The van der Waals surface area contributed by atoms with Crippen molar-refractivity contribution in [2.75, 3.05) is 0 Å². The van der Waals surface area contributed by atoms with Crippen molar-refractivity contribution in [2.45, 2.75) is 19.3 Å². The van der Waals surface area contributed by atoms with E-state index in [-0.39, 0.29) is 11.8 Å². The molecule has 0 aromatic heterocycles. The minimum absolute atomic E-state index is 0.171. The van der Waals surface area contributed by atoms with E-state index in [9.17, 15) is 4.79 Å². The summed E-state index contributed by atoms with van der Waals surface area (Å²) < 4.78 is 0. The molecule has 0 bridgehead atoms. The number of aliphatic carboxylic acids is 1. The number of hydrogen-bond donors (Lipinski definition) is 1. The average molecular weight is 211 g/mol. The predicted octanol–water partition coefficient (Wildman–Crippen LogP) is 2.84. The van der Waals surface area contributed by atoms with Gasteiger partial charge in [-0.1, -0.05) is 17.7 Å². The molecule has 1 N–H and O–H groups in total. The Bertz CT molecular complexity index is 367. The molecule has 0 aliphatic heterocycles. The minimum atomic E-state index is -0.701. The molecule has 0 heterocycles. The Hall–Kier alpha value is -1.02. The van der Waals surface area contributed by atoms with Gasteiger partial charge in [0.25, 0.3) is 0 Å². The molecule has 2 rings (SSSR count). The topological polar surface area (TPSA) is 37.3 Å². The normalized spacial score (nSPS) is 24.7. The van der Waals surface area contributed by atoms with Crippen LogP contribution in [0.25, 0.3) is 0 Å². The molecule has 74 valence electrons. The minimum Gasteiger partial charge on any atom is -0.481 e. The fourth-order valence-electron chi connectivity index (χ4n) is 1.82. The summed E-state index contributed by atoms with van der Waals surface area (Å²) in [4.78, 5) is 10.7. The van der Waals surface area contributed by atoms with E-state index in [1.165, 1.54) is 0 Å². The lowest BCUT2D eigenvalue weighted by Gasteiger charge is -2.01. The average Bonchev–Trinajstić information content (AvgIpc) is 2.79. The molecule has 1 aromatic rings. The maximum atomic E-state index is 10.7. The molecule has 0 unspecified atom stereocenters. The molecule has 1 fully saturated rings. The van der Waals surface area contributed by atoms with Crippen LogP contribution in [0.2, 0.25) is 5.02 Å². The van der Waals surface area contributed by atoms with Crippen molar-refractivity contribution in [3.05, 3.63) is 34.3 Å². The van der Waals surface area contributed by atoms with Crippen molar-refractivity contribution in [3.8, 4) is 0 Å². The van der Waals surface area contributed by atoms with Gasteiger partial charge in [-0.2, -0.15) is 0 Å². The zero-order chi connectivity index (χ0) is 10.3. The number of aryl methyl sites for hydroxylation is 1. The van der Waals surface area contributed by atoms with Gasteiger partial charge in [0.15, 0.2) is 0 Å². The van der Waals surface area contributed by atoms with Crippen LogP contribution < -0.4 is 0 Å². The highest BCUT2D eigenvalue weighted by atomic mass is 35.5. The van der Waals surface area contributed by atoms with Crippen LogP contribution in [0, 0.1) is 12.8 Å². The zero-order valence-electron chi connectivity index (χ0n) is 7.83. The highest BCUT2D eigenvalue weighted by Gasteiger charge is 2.44.